The summed E-state index contributed by atoms with van der Waals surface area (Å²) in [6, 6.07) is 9.50. The normalized spacial score (nSPS) is 13.5. The average Bonchev–Trinajstić information content (AvgIpc) is 2.38. The Balaban J connectivity index is 2.76. The zero-order valence-electron chi connectivity index (χ0n) is 13.1. The fraction of sp³-hybridized carbons (Fsp3) is 0.647. The average molecular weight is 279 g/mol. The molecule has 1 atom stereocenters. The van der Waals surface area contributed by atoms with Gasteiger partial charge in [-0.15, -0.1) is 0 Å². The van der Waals surface area contributed by atoms with Gasteiger partial charge in [0.05, 0.1) is 0 Å². The van der Waals surface area contributed by atoms with Crippen molar-refractivity contribution in [2.75, 3.05) is 12.3 Å². The first-order valence-electron chi connectivity index (χ1n) is 7.42. The second kappa shape index (κ2) is 7.96. The van der Waals surface area contributed by atoms with Crippen LogP contribution in [0.3, 0.4) is 0 Å². The Morgan fingerprint density at radius 3 is 2.53 bits per heavy atom. The Kier molecular flexibility index (Phi) is 6.95. The van der Waals surface area contributed by atoms with E-state index in [0.717, 1.165) is 18.7 Å². The molecule has 1 aromatic carbocycles. The van der Waals surface area contributed by atoms with Crippen LogP contribution in [-0.2, 0) is 6.42 Å². The highest BCUT2D eigenvalue weighted by molar-refractivity contribution is 8.00. The monoisotopic (exact) mass is 279 g/mol. The number of benzene rings is 1. The van der Waals surface area contributed by atoms with E-state index in [0.29, 0.717) is 10.8 Å². The van der Waals surface area contributed by atoms with Gasteiger partial charge in [0.2, 0.25) is 0 Å². The van der Waals surface area contributed by atoms with Crippen LogP contribution in [0.5, 0.6) is 0 Å². The molecule has 0 amide bonds. The van der Waals surface area contributed by atoms with Crippen molar-refractivity contribution in [1.82, 2.24) is 5.32 Å². The van der Waals surface area contributed by atoms with Gasteiger partial charge >= 0.3 is 0 Å². The molecule has 1 nitrogen and oxygen atoms in total. The second-order valence-corrected chi connectivity index (χ2v) is 7.88. The van der Waals surface area contributed by atoms with Gasteiger partial charge in [0.25, 0.3) is 0 Å². The molecule has 1 rings (SSSR count). The number of thioether (sulfide) groups is 1. The predicted octanol–water partition coefficient (Wildman–Crippen LogP) is 4.82. The number of aryl methyl sites for hydroxylation is 1. The van der Waals surface area contributed by atoms with Crippen molar-refractivity contribution in [2.24, 2.45) is 0 Å². The molecule has 19 heavy (non-hydrogen) atoms. The molecule has 0 aliphatic heterocycles. The zero-order chi connectivity index (χ0) is 14.3. The van der Waals surface area contributed by atoms with Crippen molar-refractivity contribution in [3.05, 3.63) is 35.4 Å². The molecule has 1 aromatic rings. The van der Waals surface area contributed by atoms with E-state index in [4.69, 9.17) is 0 Å². The van der Waals surface area contributed by atoms with Crippen LogP contribution in [0.1, 0.15) is 58.2 Å². The SMILES string of the molecule is CCCNC(CSC(C)(C)C)c1cccc(CC)c1. The van der Waals surface area contributed by atoms with Crippen molar-refractivity contribution in [2.45, 2.75) is 58.2 Å². The Morgan fingerprint density at radius 2 is 1.95 bits per heavy atom. The summed E-state index contributed by atoms with van der Waals surface area (Å²) in [5.41, 5.74) is 2.87. The van der Waals surface area contributed by atoms with Gasteiger partial charge in [0, 0.05) is 16.5 Å². The first kappa shape index (κ1) is 16.6. The Labute approximate surface area is 123 Å². The lowest BCUT2D eigenvalue weighted by molar-refractivity contribution is 0.575. The molecular weight excluding hydrogens is 250 g/mol. The van der Waals surface area contributed by atoms with Crippen LogP contribution >= 0.6 is 11.8 Å². The highest BCUT2D eigenvalue weighted by Gasteiger charge is 2.16. The van der Waals surface area contributed by atoms with Crippen LogP contribution in [-0.4, -0.2) is 17.0 Å². The second-order valence-electron chi connectivity index (χ2n) is 6.03. The van der Waals surface area contributed by atoms with E-state index >= 15 is 0 Å². The van der Waals surface area contributed by atoms with Crippen molar-refractivity contribution >= 4 is 11.8 Å². The maximum absolute atomic E-state index is 3.69. The summed E-state index contributed by atoms with van der Waals surface area (Å²) in [7, 11) is 0. The first-order valence-corrected chi connectivity index (χ1v) is 8.41. The summed E-state index contributed by atoms with van der Waals surface area (Å²) in [6.45, 7) is 12.4. The van der Waals surface area contributed by atoms with Crippen LogP contribution in [0.2, 0.25) is 0 Å². The minimum Gasteiger partial charge on any atom is -0.309 e. The van der Waals surface area contributed by atoms with Crippen molar-refractivity contribution in [3.63, 3.8) is 0 Å². The quantitative estimate of drug-likeness (QED) is 0.768. The van der Waals surface area contributed by atoms with Gasteiger partial charge in [-0.25, -0.2) is 0 Å². The maximum atomic E-state index is 3.69. The van der Waals surface area contributed by atoms with E-state index in [2.05, 4.69) is 64.2 Å². The van der Waals surface area contributed by atoms with Crippen LogP contribution in [0.15, 0.2) is 24.3 Å². The van der Waals surface area contributed by atoms with Gasteiger partial charge < -0.3 is 5.32 Å². The van der Waals surface area contributed by atoms with E-state index in [1.807, 2.05) is 11.8 Å². The lowest BCUT2D eigenvalue weighted by Gasteiger charge is -2.24. The third-order valence-electron chi connectivity index (χ3n) is 3.09. The molecule has 1 N–H and O–H groups in total. The minimum absolute atomic E-state index is 0.328. The minimum atomic E-state index is 0.328. The molecule has 0 spiro atoms. The molecule has 0 saturated carbocycles. The maximum Gasteiger partial charge on any atom is 0.0412 e. The van der Waals surface area contributed by atoms with E-state index in [1.54, 1.807) is 0 Å². The molecule has 0 saturated heterocycles. The summed E-state index contributed by atoms with van der Waals surface area (Å²) in [5, 5.41) is 3.69. The fourth-order valence-corrected chi connectivity index (χ4v) is 2.93. The molecule has 0 aliphatic rings. The van der Waals surface area contributed by atoms with Gasteiger partial charge in [0.15, 0.2) is 0 Å². The largest absolute Gasteiger partial charge is 0.309 e. The molecule has 0 aliphatic carbocycles. The van der Waals surface area contributed by atoms with Crippen LogP contribution < -0.4 is 5.32 Å². The molecule has 0 bridgehead atoms. The van der Waals surface area contributed by atoms with Crippen LogP contribution in [0, 0.1) is 0 Å². The third-order valence-corrected chi connectivity index (χ3v) is 4.45. The van der Waals surface area contributed by atoms with Gasteiger partial charge in [-0.1, -0.05) is 58.9 Å². The topological polar surface area (TPSA) is 12.0 Å². The summed E-state index contributed by atoms with van der Waals surface area (Å²) in [6.07, 6.45) is 2.30. The van der Waals surface area contributed by atoms with E-state index < -0.39 is 0 Å². The van der Waals surface area contributed by atoms with E-state index in [-0.39, 0.29) is 0 Å². The molecule has 0 aromatic heterocycles. The molecule has 2 heteroatoms. The Morgan fingerprint density at radius 1 is 1.21 bits per heavy atom. The standard InChI is InChI=1S/C17H29NS/c1-6-11-18-16(13-19-17(3,4)5)15-10-8-9-14(7-2)12-15/h8-10,12,16,18H,6-7,11,13H2,1-5H3. The molecule has 0 radical (unpaired) electrons. The zero-order valence-corrected chi connectivity index (χ0v) is 13.9. The van der Waals surface area contributed by atoms with Crippen molar-refractivity contribution in [3.8, 4) is 0 Å². The fourth-order valence-electron chi connectivity index (χ4n) is 1.95. The lowest BCUT2D eigenvalue weighted by atomic mass is 10.0. The van der Waals surface area contributed by atoms with Crippen molar-refractivity contribution in [1.29, 1.82) is 0 Å². The summed E-state index contributed by atoms with van der Waals surface area (Å²) in [5.74, 6) is 1.14. The van der Waals surface area contributed by atoms with Crippen LogP contribution in [0.25, 0.3) is 0 Å². The number of nitrogens with one attached hydrogen (secondary N) is 1. The Bertz CT molecular complexity index is 368. The van der Waals surface area contributed by atoms with E-state index in [9.17, 15) is 0 Å². The van der Waals surface area contributed by atoms with Crippen LogP contribution in [0.4, 0.5) is 0 Å². The highest BCUT2D eigenvalue weighted by Crippen LogP contribution is 2.28. The van der Waals surface area contributed by atoms with Gasteiger partial charge in [-0.3, -0.25) is 0 Å². The lowest BCUT2D eigenvalue weighted by Crippen LogP contribution is -2.26. The number of hydrogen-bond donors (Lipinski definition) is 1. The molecule has 0 heterocycles. The highest BCUT2D eigenvalue weighted by atomic mass is 32.2. The predicted molar refractivity (Wildman–Crippen MR) is 89.1 cm³/mol. The number of rotatable bonds is 7. The third kappa shape index (κ3) is 6.49. The van der Waals surface area contributed by atoms with E-state index in [1.165, 1.54) is 17.5 Å². The molecule has 108 valence electrons. The number of hydrogen-bond acceptors (Lipinski definition) is 2. The summed E-state index contributed by atoms with van der Waals surface area (Å²) >= 11 is 2.04. The molecular formula is C17H29NS. The van der Waals surface area contributed by atoms with Gasteiger partial charge in [0.1, 0.15) is 0 Å². The smallest absolute Gasteiger partial charge is 0.0412 e. The Hall–Kier alpha value is -0.470. The molecule has 0 fully saturated rings. The first-order chi connectivity index (χ1) is 8.96. The van der Waals surface area contributed by atoms with Gasteiger partial charge in [-0.05, 0) is 30.5 Å². The summed E-state index contributed by atoms with van der Waals surface area (Å²) < 4.78 is 0.328. The van der Waals surface area contributed by atoms with Gasteiger partial charge in [-0.2, -0.15) is 11.8 Å². The van der Waals surface area contributed by atoms with Crippen molar-refractivity contribution < 1.29 is 0 Å². The molecule has 1 unspecified atom stereocenters. The summed E-state index contributed by atoms with van der Waals surface area (Å²) in [4.78, 5) is 0.